The van der Waals surface area contributed by atoms with Crippen LogP contribution in [0.1, 0.15) is 11.1 Å². The van der Waals surface area contributed by atoms with Crippen molar-refractivity contribution in [2.24, 2.45) is 0 Å². The molecule has 1 N–H and O–H groups in total. The van der Waals surface area contributed by atoms with E-state index in [1.54, 1.807) is 18.8 Å². The average Bonchev–Trinajstić information content (AvgIpc) is 3.04. The summed E-state index contributed by atoms with van der Waals surface area (Å²) in [6.07, 6.45) is 1.33. The Morgan fingerprint density at radius 2 is 1.74 bits per heavy atom. The van der Waals surface area contributed by atoms with Crippen molar-refractivity contribution in [1.82, 2.24) is 14.9 Å². The Morgan fingerprint density at radius 1 is 0.952 bits per heavy atom. The van der Waals surface area contributed by atoms with E-state index in [4.69, 9.17) is 19.2 Å². The van der Waals surface area contributed by atoms with Gasteiger partial charge in [-0.05, 0) is 54.3 Å². The third-order valence-corrected chi connectivity index (χ3v) is 8.24. The molecule has 4 aromatic rings. The number of methoxy groups -OCH3 is 2. The molecule has 10 heteroatoms. The summed E-state index contributed by atoms with van der Waals surface area (Å²) in [5, 5.41) is 4.10. The van der Waals surface area contributed by atoms with Gasteiger partial charge in [0, 0.05) is 31.9 Å². The quantitative estimate of drug-likeness (QED) is 0.197. The van der Waals surface area contributed by atoms with E-state index < -0.39 is 0 Å². The molecule has 220 valence electrons. The largest absolute Gasteiger partial charge is 0.493 e. The van der Waals surface area contributed by atoms with Gasteiger partial charge in [-0.15, -0.1) is 0 Å². The molecule has 1 saturated heterocycles. The fraction of sp³-hybridized carbons (Fsp3) is 0.344. The number of carbonyl (C=O) groups excluding carboxylic acids is 1. The molecule has 0 bridgehead atoms. The van der Waals surface area contributed by atoms with E-state index in [0.717, 1.165) is 29.9 Å². The molecular formula is C32H36N4O5S. The molecule has 0 unspecified atom stereocenters. The van der Waals surface area contributed by atoms with Crippen LogP contribution in [-0.2, 0) is 28.9 Å². The van der Waals surface area contributed by atoms with Gasteiger partial charge in [0.05, 0.1) is 44.1 Å². The van der Waals surface area contributed by atoms with Gasteiger partial charge >= 0.3 is 0 Å². The zero-order valence-corrected chi connectivity index (χ0v) is 24.8. The fourth-order valence-electron chi connectivity index (χ4n) is 4.96. The lowest BCUT2D eigenvalue weighted by molar-refractivity contribution is -0.118. The molecule has 1 amide bonds. The first-order chi connectivity index (χ1) is 20.6. The average molecular weight is 589 g/mol. The van der Waals surface area contributed by atoms with E-state index in [9.17, 15) is 9.59 Å². The van der Waals surface area contributed by atoms with Crippen LogP contribution < -0.4 is 25.2 Å². The predicted octanol–water partition coefficient (Wildman–Crippen LogP) is 3.94. The van der Waals surface area contributed by atoms with Gasteiger partial charge in [0.1, 0.15) is 0 Å². The number of morpholine rings is 1. The zero-order valence-electron chi connectivity index (χ0n) is 24.0. The van der Waals surface area contributed by atoms with E-state index in [2.05, 4.69) is 22.3 Å². The first kappa shape index (κ1) is 29.5. The van der Waals surface area contributed by atoms with Gasteiger partial charge in [0.15, 0.2) is 16.7 Å². The van der Waals surface area contributed by atoms with E-state index in [1.807, 2.05) is 54.6 Å². The summed E-state index contributed by atoms with van der Waals surface area (Å²) >= 11 is 1.29. The van der Waals surface area contributed by atoms with Crippen LogP contribution in [0.5, 0.6) is 11.5 Å². The van der Waals surface area contributed by atoms with E-state index in [0.29, 0.717) is 66.7 Å². The van der Waals surface area contributed by atoms with Crippen molar-refractivity contribution >= 4 is 34.3 Å². The fourth-order valence-corrected chi connectivity index (χ4v) is 5.82. The van der Waals surface area contributed by atoms with E-state index in [1.165, 1.54) is 11.8 Å². The topological polar surface area (TPSA) is 94.9 Å². The van der Waals surface area contributed by atoms with Crippen LogP contribution in [0.4, 0.5) is 5.69 Å². The molecule has 1 aliphatic rings. The number of ether oxygens (including phenoxy) is 3. The summed E-state index contributed by atoms with van der Waals surface area (Å²) in [6, 6.07) is 21.6. The SMILES string of the molecule is COc1ccc(CCNC(=O)CSc2nc3ccc(N4CCOCC4)cc3c(=O)n2CCc2ccccc2)cc1OC. The van der Waals surface area contributed by atoms with Crippen LogP contribution in [0.25, 0.3) is 10.9 Å². The smallest absolute Gasteiger partial charge is 0.262 e. The Morgan fingerprint density at radius 3 is 2.50 bits per heavy atom. The van der Waals surface area contributed by atoms with Crippen LogP contribution in [-0.4, -0.2) is 68.3 Å². The highest BCUT2D eigenvalue weighted by Crippen LogP contribution is 2.28. The molecule has 1 aliphatic heterocycles. The predicted molar refractivity (Wildman–Crippen MR) is 166 cm³/mol. The van der Waals surface area contributed by atoms with Crippen LogP contribution in [0.3, 0.4) is 0 Å². The third-order valence-electron chi connectivity index (χ3n) is 7.26. The first-order valence-electron chi connectivity index (χ1n) is 14.1. The van der Waals surface area contributed by atoms with Gasteiger partial charge in [-0.25, -0.2) is 4.98 Å². The van der Waals surface area contributed by atoms with Crippen molar-refractivity contribution in [2.75, 3.05) is 57.7 Å². The maximum atomic E-state index is 13.8. The van der Waals surface area contributed by atoms with Gasteiger partial charge in [-0.3, -0.25) is 14.2 Å². The number of rotatable bonds is 12. The number of anilines is 1. The molecule has 0 aliphatic carbocycles. The number of nitrogens with one attached hydrogen (secondary N) is 1. The summed E-state index contributed by atoms with van der Waals surface area (Å²) in [5.74, 6) is 1.36. The number of aromatic nitrogens is 2. The molecule has 2 heterocycles. The lowest BCUT2D eigenvalue weighted by atomic mass is 10.1. The lowest BCUT2D eigenvalue weighted by Crippen LogP contribution is -2.36. The number of hydrogen-bond acceptors (Lipinski definition) is 8. The standard InChI is InChI=1S/C32H36N4O5S/c1-39-28-11-8-24(20-29(28)40-2)12-14-33-30(37)22-42-32-34-27-10-9-25(35-16-18-41-19-17-35)21-26(27)31(38)36(32)15-13-23-6-4-3-5-7-23/h3-11,20-21H,12-19,22H2,1-2H3,(H,33,37). The Balaban J connectivity index is 1.30. The minimum Gasteiger partial charge on any atom is -0.493 e. The third kappa shape index (κ3) is 7.24. The second kappa shape index (κ2) is 14.2. The van der Waals surface area contributed by atoms with Crippen molar-refractivity contribution in [3.8, 4) is 11.5 Å². The first-order valence-corrected chi connectivity index (χ1v) is 15.1. The molecule has 1 fully saturated rings. The van der Waals surface area contributed by atoms with E-state index in [-0.39, 0.29) is 17.2 Å². The van der Waals surface area contributed by atoms with Gasteiger partial charge in [0.2, 0.25) is 5.91 Å². The second-order valence-electron chi connectivity index (χ2n) is 9.97. The number of carbonyl (C=O) groups is 1. The molecule has 0 spiro atoms. The van der Waals surface area contributed by atoms with Gasteiger partial charge in [-0.2, -0.15) is 0 Å². The summed E-state index contributed by atoms with van der Waals surface area (Å²) < 4.78 is 17.9. The minimum absolute atomic E-state index is 0.0950. The number of nitrogens with zero attached hydrogens (tertiary/aromatic N) is 3. The number of fused-ring (bicyclic) bond motifs is 1. The van der Waals surface area contributed by atoms with Crippen LogP contribution in [0.15, 0.2) is 76.7 Å². The summed E-state index contributed by atoms with van der Waals surface area (Å²) in [6.45, 7) is 3.86. The maximum absolute atomic E-state index is 13.8. The summed E-state index contributed by atoms with van der Waals surface area (Å²) in [5.41, 5.74) is 3.69. The van der Waals surface area contributed by atoms with Gasteiger partial charge < -0.3 is 24.4 Å². The zero-order chi connectivity index (χ0) is 29.3. The summed E-state index contributed by atoms with van der Waals surface area (Å²) in [4.78, 5) is 33.7. The molecule has 0 radical (unpaired) electrons. The van der Waals surface area contributed by atoms with Crippen molar-refractivity contribution in [3.63, 3.8) is 0 Å². The molecule has 9 nitrogen and oxygen atoms in total. The normalized spacial score (nSPS) is 13.2. The molecule has 1 aromatic heterocycles. The van der Waals surface area contributed by atoms with Crippen molar-refractivity contribution in [2.45, 2.75) is 24.5 Å². The number of thioether (sulfide) groups is 1. The van der Waals surface area contributed by atoms with Crippen LogP contribution >= 0.6 is 11.8 Å². The molecule has 42 heavy (non-hydrogen) atoms. The molecule has 5 rings (SSSR count). The molecule has 0 atom stereocenters. The van der Waals surface area contributed by atoms with Gasteiger partial charge in [-0.1, -0.05) is 48.2 Å². The molecular weight excluding hydrogens is 552 g/mol. The lowest BCUT2D eigenvalue weighted by Gasteiger charge is -2.29. The summed E-state index contributed by atoms with van der Waals surface area (Å²) in [7, 11) is 3.20. The Hall–Kier alpha value is -4.02. The number of amides is 1. The minimum atomic E-state index is -0.118. The second-order valence-corrected chi connectivity index (χ2v) is 10.9. The molecule has 0 saturated carbocycles. The number of benzene rings is 3. The van der Waals surface area contributed by atoms with E-state index >= 15 is 0 Å². The van der Waals surface area contributed by atoms with Crippen molar-refractivity contribution < 1.29 is 19.0 Å². The van der Waals surface area contributed by atoms with Crippen LogP contribution in [0, 0.1) is 0 Å². The van der Waals surface area contributed by atoms with Crippen molar-refractivity contribution in [3.05, 3.63) is 88.2 Å². The Kier molecular flexibility index (Phi) is 9.99. The Labute approximate surface area is 249 Å². The van der Waals surface area contributed by atoms with Gasteiger partial charge in [0.25, 0.3) is 5.56 Å². The highest BCUT2D eigenvalue weighted by Gasteiger charge is 2.17. The highest BCUT2D eigenvalue weighted by atomic mass is 32.2. The Bertz CT molecular complexity index is 1570. The van der Waals surface area contributed by atoms with Crippen molar-refractivity contribution in [1.29, 1.82) is 0 Å². The number of hydrogen-bond donors (Lipinski definition) is 1. The monoisotopic (exact) mass is 588 g/mol. The maximum Gasteiger partial charge on any atom is 0.262 e. The molecule has 3 aromatic carbocycles. The highest BCUT2D eigenvalue weighted by molar-refractivity contribution is 7.99. The number of aryl methyl sites for hydroxylation is 1. The van der Waals surface area contributed by atoms with Crippen LogP contribution in [0.2, 0.25) is 0 Å².